The van der Waals surface area contributed by atoms with Crippen LogP contribution in [0, 0.1) is 0 Å². The van der Waals surface area contributed by atoms with E-state index >= 15 is 0 Å². The molecule has 51 heavy (non-hydrogen) atoms. The summed E-state index contributed by atoms with van der Waals surface area (Å²) in [6.07, 6.45) is 0.494. The molecule has 0 radical (unpaired) electrons. The van der Waals surface area contributed by atoms with Crippen LogP contribution in [0.2, 0.25) is 0 Å². The average Bonchev–Trinajstić information content (AvgIpc) is 3.06. The van der Waals surface area contributed by atoms with Gasteiger partial charge in [-0.1, -0.05) is 0 Å². The van der Waals surface area contributed by atoms with Crippen molar-refractivity contribution >= 4 is 29.7 Å². The lowest BCUT2D eigenvalue weighted by Crippen LogP contribution is -2.47. The number of nitrogens with two attached hydrogens (primary N) is 1. The maximum Gasteiger partial charge on any atom is 0.323 e. The molecule has 18 heteroatoms. The Morgan fingerprint density at radius 2 is 1.08 bits per heavy atom. The lowest BCUT2D eigenvalue weighted by atomic mass is 10.1. The molecule has 0 bridgehead atoms. The van der Waals surface area contributed by atoms with Gasteiger partial charge in [0.2, 0.25) is 17.7 Å². The van der Waals surface area contributed by atoms with E-state index in [1.807, 2.05) is 14.1 Å². The van der Waals surface area contributed by atoms with E-state index < -0.39 is 17.6 Å². The molecule has 0 aromatic rings. The van der Waals surface area contributed by atoms with Crippen LogP contribution < -0.4 is 21.7 Å². The normalized spacial score (nSPS) is 12.2. The number of hydrogen-bond donors (Lipinski definition) is 4. The lowest BCUT2D eigenvalue weighted by molar-refractivity contribution is -0.889. The Kier molecular flexibility index (Phi) is 27.9. The van der Waals surface area contributed by atoms with Gasteiger partial charge in [0, 0.05) is 19.5 Å². The predicted octanol–water partition coefficient (Wildman–Crippen LogP) is -1.48. The molecule has 5 N–H and O–H groups in total. The van der Waals surface area contributed by atoms with Crippen LogP contribution in [0.25, 0.3) is 0 Å². The number of amides is 3. The Hall–Kier alpha value is -2.97. The van der Waals surface area contributed by atoms with Gasteiger partial charge >= 0.3 is 11.9 Å². The Balaban J connectivity index is 3.58. The third-order valence-corrected chi connectivity index (χ3v) is 6.67. The first-order chi connectivity index (χ1) is 24.1. The highest BCUT2D eigenvalue weighted by Gasteiger charge is 2.22. The van der Waals surface area contributed by atoms with Crippen LogP contribution in [-0.2, 0) is 61.9 Å². The zero-order valence-electron chi connectivity index (χ0n) is 31.6. The fourth-order valence-electron chi connectivity index (χ4n) is 3.77. The first-order valence-electron chi connectivity index (χ1n) is 17.3. The number of esters is 2. The van der Waals surface area contributed by atoms with E-state index in [0.29, 0.717) is 44.0 Å². The number of hydrogen-bond acceptors (Lipinski definition) is 14. The molecule has 0 aromatic carbocycles. The molecule has 0 fully saturated rings. The number of nitrogens with one attached hydrogen (secondary N) is 3. The van der Waals surface area contributed by atoms with Gasteiger partial charge in [0.15, 0.2) is 0 Å². The molecule has 0 unspecified atom stereocenters. The summed E-state index contributed by atoms with van der Waals surface area (Å²) in [5, 5.41) is 8.19. The minimum atomic E-state index is -0.862. The summed E-state index contributed by atoms with van der Waals surface area (Å²) in [7, 11) is 5.44. The van der Waals surface area contributed by atoms with Crippen LogP contribution in [0.1, 0.15) is 40.0 Å². The van der Waals surface area contributed by atoms with Crippen molar-refractivity contribution in [1.29, 1.82) is 0 Å². The highest BCUT2D eigenvalue weighted by atomic mass is 16.6. The van der Waals surface area contributed by atoms with Gasteiger partial charge in [0.25, 0.3) is 0 Å². The molecule has 0 aliphatic heterocycles. The Morgan fingerprint density at radius 3 is 1.61 bits per heavy atom. The number of nitrogens with zero attached hydrogens (tertiary/aromatic N) is 1. The maximum atomic E-state index is 12.0. The summed E-state index contributed by atoms with van der Waals surface area (Å²) in [5.41, 5.74) is 5.14. The monoisotopic (exact) mass is 738 g/mol. The Morgan fingerprint density at radius 1 is 0.608 bits per heavy atom. The highest BCUT2D eigenvalue weighted by molar-refractivity contribution is 5.79. The molecule has 18 nitrogen and oxygen atoms in total. The summed E-state index contributed by atoms with van der Waals surface area (Å²) >= 11 is 0. The molecule has 0 aromatic heterocycles. The second-order valence-electron chi connectivity index (χ2n) is 13.0. The maximum absolute atomic E-state index is 12.0. The number of rotatable bonds is 32. The van der Waals surface area contributed by atoms with Gasteiger partial charge in [0.05, 0.1) is 107 Å². The molecule has 0 saturated carbocycles. The minimum Gasteiger partial charge on any atom is -0.469 e. The van der Waals surface area contributed by atoms with Gasteiger partial charge in [0.1, 0.15) is 31.4 Å². The number of ether oxygens (including phenoxy) is 8. The number of carbonyl (C=O) groups excluding carboxylic acids is 5. The van der Waals surface area contributed by atoms with Crippen molar-refractivity contribution < 1.29 is 66.4 Å². The van der Waals surface area contributed by atoms with Gasteiger partial charge in [-0.15, -0.1) is 0 Å². The molecular weight excluding hydrogens is 674 g/mol. The second kappa shape index (κ2) is 29.6. The summed E-state index contributed by atoms with van der Waals surface area (Å²) < 4.78 is 42.7. The molecule has 0 spiro atoms. The van der Waals surface area contributed by atoms with Crippen LogP contribution in [0.5, 0.6) is 0 Å². The van der Waals surface area contributed by atoms with Gasteiger partial charge in [-0.3, -0.25) is 24.0 Å². The van der Waals surface area contributed by atoms with E-state index in [1.165, 1.54) is 7.11 Å². The Bertz CT molecular complexity index is 979. The van der Waals surface area contributed by atoms with E-state index in [4.69, 9.17) is 38.9 Å². The van der Waals surface area contributed by atoms with Crippen molar-refractivity contribution in [1.82, 2.24) is 16.0 Å². The molecule has 0 aliphatic rings. The molecule has 1 atom stereocenters. The number of likely N-dealkylation sites (N-methyl/N-ethyl adjacent to an activating group) is 1. The van der Waals surface area contributed by atoms with Gasteiger partial charge in [-0.05, 0) is 27.2 Å². The number of methoxy groups -OCH3 is 1. The third kappa shape index (κ3) is 32.7. The zero-order valence-corrected chi connectivity index (χ0v) is 31.6. The van der Waals surface area contributed by atoms with Crippen molar-refractivity contribution in [2.45, 2.75) is 51.7 Å². The molecule has 0 heterocycles. The average molecular weight is 739 g/mol. The van der Waals surface area contributed by atoms with Gasteiger partial charge in [-0.25, -0.2) is 0 Å². The SMILES string of the molecule is COC(=O)CCOCCOCC[N+](C)(C)CCNC(=O)COCCOCCNC(=O)COCCOCCNC(=O)CC[C@H](N)C(=O)OC(C)(C)C. The van der Waals surface area contributed by atoms with Gasteiger partial charge < -0.3 is 64.1 Å². The number of carbonyl (C=O) groups is 5. The molecule has 0 saturated heterocycles. The topological polar surface area (TPSA) is 221 Å². The second-order valence-corrected chi connectivity index (χ2v) is 13.0. The molecule has 3 amide bonds. The van der Waals surface area contributed by atoms with Crippen LogP contribution in [0.4, 0.5) is 0 Å². The standard InChI is InChI=1S/C33H63N5O13/c1-33(2,3)51-32(43)27(34)7-8-28(39)36-11-16-46-21-24-50-26-30(41)37-12-17-47-22-23-49-25-29(40)35-10-13-38(4,5)14-18-48-20-19-45-15-9-31(42)44-6/h27H,7-26,34H2,1-6H3,(H2-,35,36,37,39,40,41)/p+1/t27-/m0/s1. The molecular formula is C33H64N5O13+. The van der Waals surface area contributed by atoms with E-state index in [-0.39, 0.29) is 102 Å². The largest absolute Gasteiger partial charge is 0.469 e. The third-order valence-electron chi connectivity index (χ3n) is 6.67. The van der Waals surface area contributed by atoms with Crippen LogP contribution in [-0.4, -0.2) is 179 Å². The van der Waals surface area contributed by atoms with E-state index in [9.17, 15) is 24.0 Å². The van der Waals surface area contributed by atoms with E-state index in [1.54, 1.807) is 20.8 Å². The van der Waals surface area contributed by atoms with E-state index in [2.05, 4.69) is 20.7 Å². The van der Waals surface area contributed by atoms with Crippen molar-refractivity contribution in [3.05, 3.63) is 0 Å². The summed E-state index contributed by atoms with van der Waals surface area (Å²) in [6.45, 7) is 10.8. The first kappa shape index (κ1) is 48.0. The lowest BCUT2D eigenvalue weighted by Gasteiger charge is -2.29. The van der Waals surface area contributed by atoms with Crippen molar-refractivity contribution in [2.24, 2.45) is 5.73 Å². The highest BCUT2D eigenvalue weighted by Crippen LogP contribution is 2.09. The quantitative estimate of drug-likeness (QED) is 0.0352. The fourth-order valence-corrected chi connectivity index (χ4v) is 3.77. The van der Waals surface area contributed by atoms with Crippen molar-refractivity contribution in [3.63, 3.8) is 0 Å². The first-order valence-corrected chi connectivity index (χ1v) is 17.3. The number of quaternary nitrogens is 1. The molecule has 0 aliphatic carbocycles. The van der Waals surface area contributed by atoms with Crippen molar-refractivity contribution in [2.75, 3.05) is 133 Å². The van der Waals surface area contributed by atoms with E-state index in [0.717, 1.165) is 13.1 Å². The van der Waals surface area contributed by atoms with Crippen LogP contribution in [0.3, 0.4) is 0 Å². The molecule has 0 rings (SSSR count). The van der Waals surface area contributed by atoms with Crippen LogP contribution in [0.15, 0.2) is 0 Å². The zero-order chi connectivity index (χ0) is 38.4. The van der Waals surface area contributed by atoms with Gasteiger partial charge in [-0.2, -0.15) is 0 Å². The summed E-state index contributed by atoms with van der Waals surface area (Å²) in [5.74, 6) is -1.60. The smallest absolute Gasteiger partial charge is 0.323 e. The Labute approximate surface area is 302 Å². The molecule has 298 valence electrons. The predicted molar refractivity (Wildman–Crippen MR) is 185 cm³/mol. The summed E-state index contributed by atoms with van der Waals surface area (Å²) in [4.78, 5) is 58.6. The summed E-state index contributed by atoms with van der Waals surface area (Å²) in [6, 6.07) is -0.862. The van der Waals surface area contributed by atoms with Crippen LogP contribution >= 0.6 is 0 Å². The fraction of sp³-hybridized carbons (Fsp3) is 0.848. The van der Waals surface area contributed by atoms with Crippen molar-refractivity contribution in [3.8, 4) is 0 Å². The minimum absolute atomic E-state index is 0.0745.